The lowest BCUT2D eigenvalue weighted by molar-refractivity contribution is -0.397. The van der Waals surface area contributed by atoms with Crippen LogP contribution in [0.4, 0.5) is 5.95 Å². The van der Waals surface area contributed by atoms with Gasteiger partial charge in [0.2, 0.25) is 0 Å². The number of aromatic nitrogens is 2. The number of hydrogen-bond donors (Lipinski definition) is 0. The second kappa shape index (κ2) is 5.12. The van der Waals surface area contributed by atoms with Crippen LogP contribution >= 0.6 is 22.6 Å². The molecule has 7 heteroatoms. The fourth-order valence-electron chi connectivity index (χ4n) is 0.792. The number of nitrogens with zero attached hydrogens (tertiary/aromatic N) is 3. The molecular weight excluding hydrogens is 287 g/mol. The maximum Gasteiger partial charge on any atom is 0.436 e. The maximum absolute atomic E-state index is 10.4. The average Bonchev–Trinajstić information content (AvgIpc) is 2.53. The number of rotatable bonds is 5. The van der Waals surface area contributed by atoms with E-state index >= 15 is 0 Å². The van der Waals surface area contributed by atoms with E-state index in [0.29, 0.717) is 6.61 Å². The highest BCUT2D eigenvalue weighted by molar-refractivity contribution is 14.1. The summed E-state index contributed by atoms with van der Waals surface area (Å²) in [5, 5.41) is 10.4. The predicted molar refractivity (Wildman–Crippen MR) is 53.7 cm³/mol. The van der Waals surface area contributed by atoms with Crippen LogP contribution in [0.3, 0.4) is 0 Å². The zero-order chi connectivity index (χ0) is 9.68. The Labute approximate surface area is 88.2 Å². The molecule has 0 N–H and O–H groups in total. The van der Waals surface area contributed by atoms with E-state index in [2.05, 4.69) is 27.6 Å². The van der Waals surface area contributed by atoms with Crippen molar-refractivity contribution >= 4 is 28.5 Å². The number of hydrogen-bond acceptors (Lipinski definition) is 4. The van der Waals surface area contributed by atoms with Gasteiger partial charge in [-0.05, 0) is 4.92 Å². The molecule has 0 unspecified atom stereocenters. The molecule has 0 bridgehead atoms. The van der Waals surface area contributed by atoms with Gasteiger partial charge in [-0.15, -0.1) is 0 Å². The van der Waals surface area contributed by atoms with Crippen molar-refractivity contribution in [2.75, 3.05) is 11.0 Å². The summed E-state index contributed by atoms with van der Waals surface area (Å²) in [6, 6.07) is 0. The normalized spacial score (nSPS) is 10.2. The molecular formula is C6H8IN3O3. The van der Waals surface area contributed by atoms with Gasteiger partial charge in [-0.2, -0.15) is 0 Å². The van der Waals surface area contributed by atoms with E-state index in [1.165, 1.54) is 17.0 Å². The first-order valence-corrected chi connectivity index (χ1v) is 5.07. The summed E-state index contributed by atoms with van der Waals surface area (Å²) < 4.78 is 7.34. The van der Waals surface area contributed by atoms with E-state index in [0.717, 1.165) is 4.43 Å². The molecule has 0 spiro atoms. The zero-order valence-electron chi connectivity index (χ0n) is 6.72. The molecule has 0 aliphatic carbocycles. The van der Waals surface area contributed by atoms with Crippen LogP contribution in [0.5, 0.6) is 0 Å². The molecule has 1 aromatic rings. The third kappa shape index (κ3) is 2.92. The van der Waals surface area contributed by atoms with Crippen LogP contribution < -0.4 is 0 Å². The van der Waals surface area contributed by atoms with E-state index in [1.807, 2.05) is 0 Å². The first-order chi connectivity index (χ1) is 6.25. The van der Waals surface area contributed by atoms with E-state index in [1.54, 1.807) is 0 Å². The van der Waals surface area contributed by atoms with Crippen LogP contribution in [-0.4, -0.2) is 25.5 Å². The summed E-state index contributed by atoms with van der Waals surface area (Å²) >= 11 is 2.17. The second-order valence-corrected chi connectivity index (χ2v) is 3.26. The minimum absolute atomic E-state index is 0.180. The Bertz CT molecular complexity index is 288. The van der Waals surface area contributed by atoms with Gasteiger partial charge in [0.25, 0.3) is 0 Å². The number of alkyl halides is 1. The molecule has 0 radical (unpaired) electrons. The number of ether oxygens (including phenoxy) is 1. The Kier molecular flexibility index (Phi) is 4.09. The summed E-state index contributed by atoms with van der Waals surface area (Å²) in [5.41, 5.74) is 0. The Morgan fingerprint density at radius 3 is 3.15 bits per heavy atom. The highest BCUT2D eigenvalue weighted by Gasteiger charge is 2.12. The van der Waals surface area contributed by atoms with Gasteiger partial charge in [0.15, 0.2) is 6.73 Å². The van der Waals surface area contributed by atoms with Gasteiger partial charge < -0.3 is 14.9 Å². The molecule has 72 valence electrons. The maximum atomic E-state index is 10.4. The number of nitro groups is 1. The van der Waals surface area contributed by atoms with E-state index < -0.39 is 4.92 Å². The molecule has 0 atom stereocenters. The highest BCUT2D eigenvalue weighted by atomic mass is 125. The molecule has 0 saturated heterocycles. The third-order valence-corrected chi connectivity index (χ3v) is 1.75. The lowest BCUT2D eigenvalue weighted by Crippen LogP contribution is -2.06. The van der Waals surface area contributed by atoms with Gasteiger partial charge in [-0.1, -0.05) is 27.6 Å². The molecule has 0 fully saturated rings. The predicted octanol–water partition coefficient (Wildman–Crippen LogP) is 1.20. The summed E-state index contributed by atoms with van der Waals surface area (Å²) in [4.78, 5) is 13.4. The van der Waals surface area contributed by atoms with Crippen LogP contribution in [0.25, 0.3) is 0 Å². The first-order valence-electron chi connectivity index (χ1n) is 3.55. The van der Waals surface area contributed by atoms with Crippen molar-refractivity contribution in [3.8, 4) is 0 Å². The number of halogens is 1. The van der Waals surface area contributed by atoms with Gasteiger partial charge in [0, 0.05) is 4.43 Å². The summed E-state index contributed by atoms with van der Waals surface area (Å²) in [6.07, 6.45) is 2.90. The van der Waals surface area contributed by atoms with Crippen molar-refractivity contribution in [3.63, 3.8) is 0 Å². The summed E-state index contributed by atoms with van der Waals surface area (Å²) in [6.45, 7) is 0.759. The Morgan fingerprint density at radius 1 is 1.77 bits per heavy atom. The topological polar surface area (TPSA) is 70.2 Å². The van der Waals surface area contributed by atoms with E-state index in [9.17, 15) is 10.1 Å². The summed E-state index contributed by atoms with van der Waals surface area (Å²) in [5.74, 6) is -0.187. The van der Waals surface area contributed by atoms with Crippen LogP contribution in [-0.2, 0) is 11.5 Å². The molecule has 1 rings (SSSR count). The van der Waals surface area contributed by atoms with Crippen molar-refractivity contribution in [1.82, 2.24) is 9.55 Å². The van der Waals surface area contributed by atoms with Crippen molar-refractivity contribution in [2.45, 2.75) is 6.73 Å². The van der Waals surface area contributed by atoms with Crippen LogP contribution in [0.15, 0.2) is 12.4 Å². The molecule has 13 heavy (non-hydrogen) atoms. The standard InChI is InChI=1S/C6H8IN3O3/c7-1-4-13-5-9-3-2-8-6(9)10(11)12/h2-3H,1,4-5H2/i7-2. The molecule has 0 aliphatic rings. The van der Waals surface area contributed by atoms with E-state index in [-0.39, 0.29) is 12.7 Å². The fourth-order valence-corrected chi connectivity index (χ4v) is 1.10. The molecule has 1 aromatic heterocycles. The van der Waals surface area contributed by atoms with Crippen molar-refractivity contribution in [3.05, 3.63) is 22.5 Å². The van der Waals surface area contributed by atoms with Gasteiger partial charge in [-0.3, -0.25) is 0 Å². The Balaban J connectivity index is 2.55. The molecule has 0 amide bonds. The quantitative estimate of drug-likeness (QED) is 0.269. The minimum atomic E-state index is -0.534. The minimum Gasteiger partial charge on any atom is -0.390 e. The lowest BCUT2D eigenvalue weighted by atomic mass is 10.8. The zero-order valence-corrected chi connectivity index (χ0v) is 8.88. The second-order valence-electron chi connectivity index (χ2n) is 2.18. The lowest BCUT2D eigenvalue weighted by Gasteiger charge is -2.01. The molecule has 0 saturated carbocycles. The third-order valence-electron chi connectivity index (χ3n) is 1.31. The first kappa shape index (κ1) is 10.4. The largest absolute Gasteiger partial charge is 0.436 e. The molecule has 0 aromatic carbocycles. The highest BCUT2D eigenvalue weighted by Crippen LogP contribution is 2.06. The van der Waals surface area contributed by atoms with Gasteiger partial charge in [0.1, 0.15) is 12.4 Å². The van der Waals surface area contributed by atoms with Crippen molar-refractivity contribution in [2.24, 2.45) is 0 Å². The summed E-state index contributed by atoms with van der Waals surface area (Å²) in [7, 11) is 0. The molecule has 1 heterocycles. The van der Waals surface area contributed by atoms with Crippen molar-refractivity contribution < 1.29 is 9.66 Å². The number of imidazole rings is 1. The van der Waals surface area contributed by atoms with E-state index in [4.69, 9.17) is 4.74 Å². The van der Waals surface area contributed by atoms with Crippen molar-refractivity contribution in [1.29, 1.82) is 0 Å². The fraction of sp³-hybridized carbons (Fsp3) is 0.500. The van der Waals surface area contributed by atoms with Gasteiger partial charge in [0.05, 0.1) is 6.61 Å². The van der Waals surface area contributed by atoms with Gasteiger partial charge in [-0.25, -0.2) is 4.57 Å². The molecule has 0 aliphatic heterocycles. The Hall–Kier alpha value is -0.700. The Morgan fingerprint density at radius 2 is 2.54 bits per heavy atom. The smallest absolute Gasteiger partial charge is 0.390 e. The van der Waals surface area contributed by atoms with Crippen LogP contribution in [0.2, 0.25) is 0 Å². The van der Waals surface area contributed by atoms with Gasteiger partial charge >= 0.3 is 5.95 Å². The van der Waals surface area contributed by atoms with Crippen LogP contribution in [0, 0.1) is 10.1 Å². The monoisotopic (exact) mass is 295 g/mol. The SMILES string of the molecule is O=[N+]([O-])c1nccn1COCC[125I]. The van der Waals surface area contributed by atoms with Crippen LogP contribution in [0.1, 0.15) is 0 Å². The molecule has 6 nitrogen and oxygen atoms in total. The average molecular weight is 295 g/mol.